The predicted octanol–water partition coefficient (Wildman–Crippen LogP) is 6.89. The molecule has 0 amide bonds. The van der Waals surface area contributed by atoms with Gasteiger partial charge >= 0.3 is 12.4 Å². The monoisotopic (exact) mass is 426 g/mol. The average Bonchev–Trinajstić information content (AvgIpc) is 2.64. The first-order valence-electron chi connectivity index (χ1n) is 8.50. The lowest BCUT2D eigenvalue weighted by atomic mass is 9.93. The summed E-state index contributed by atoms with van der Waals surface area (Å²) in [5.41, 5.74) is -2.93. The maximum absolute atomic E-state index is 13.1. The normalized spacial score (nSPS) is 12.3. The molecule has 0 bridgehead atoms. The maximum atomic E-state index is 13.1. The second kappa shape index (κ2) is 7.66. The molecule has 2 radical (unpaired) electrons. The van der Waals surface area contributed by atoms with Crippen LogP contribution >= 0.6 is 0 Å². The van der Waals surface area contributed by atoms with Gasteiger partial charge in [0.25, 0.3) is 0 Å². The van der Waals surface area contributed by atoms with Crippen molar-refractivity contribution >= 4 is 0 Å². The van der Waals surface area contributed by atoms with Crippen LogP contribution in [-0.4, -0.2) is 5.11 Å². The van der Waals surface area contributed by atoms with Gasteiger partial charge < -0.3 is 5.11 Å². The van der Waals surface area contributed by atoms with Gasteiger partial charge in [0.2, 0.25) is 0 Å². The van der Waals surface area contributed by atoms with E-state index in [2.05, 4.69) is 0 Å². The lowest BCUT2D eigenvalue weighted by molar-refractivity contribution is -0.143. The standard InChI is InChI=1S/C22H13F7O/c1-12-6-14(7-13-2-4-18(23)5-3-13)8-19(20(12)30)15-9-16(21(24,25)26)11-17(10-15)22(27,28)29/h1-6,8-11,30H,7H2. The van der Waals surface area contributed by atoms with Gasteiger partial charge in [-0.1, -0.05) is 18.2 Å². The third-order valence-electron chi connectivity index (χ3n) is 4.42. The van der Waals surface area contributed by atoms with Crippen LogP contribution in [0.25, 0.3) is 11.1 Å². The molecule has 0 aliphatic rings. The molecule has 0 aliphatic carbocycles. The van der Waals surface area contributed by atoms with Gasteiger partial charge in [0.1, 0.15) is 11.6 Å². The third-order valence-corrected chi connectivity index (χ3v) is 4.42. The summed E-state index contributed by atoms with van der Waals surface area (Å²) in [6.45, 7) is 5.73. The quantitative estimate of drug-likeness (QED) is 0.453. The molecule has 0 aliphatic heterocycles. The van der Waals surface area contributed by atoms with Crippen molar-refractivity contribution in [2.45, 2.75) is 18.8 Å². The predicted molar refractivity (Wildman–Crippen MR) is 96.2 cm³/mol. The second-order valence-electron chi connectivity index (χ2n) is 6.68. The maximum Gasteiger partial charge on any atom is 0.416 e. The number of benzene rings is 3. The van der Waals surface area contributed by atoms with Crippen molar-refractivity contribution < 1.29 is 35.8 Å². The van der Waals surface area contributed by atoms with Crippen LogP contribution in [0.15, 0.2) is 54.6 Å². The van der Waals surface area contributed by atoms with Crippen molar-refractivity contribution in [3.8, 4) is 16.9 Å². The van der Waals surface area contributed by atoms with Crippen LogP contribution in [-0.2, 0) is 18.8 Å². The van der Waals surface area contributed by atoms with Gasteiger partial charge in [-0.3, -0.25) is 0 Å². The van der Waals surface area contributed by atoms with Crippen molar-refractivity contribution in [3.63, 3.8) is 0 Å². The fraction of sp³-hybridized carbons (Fsp3) is 0.136. The summed E-state index contributed by atoms with van der Waals surface area (Å²) in [6, 6.07) is 9.02. The molecule has 30 heavy (non-hydrogen) atoms. The van der Waals surface area contributed by atoms with Gasteiger partial charge in [-0.05, 0) is 65.1 Å². The minimum Gasteiger partial charge on any atom is -0.507 e. The summed E-state index contributed by atoms with van der Waals surface area (Å²) in [5.74, 6) is -1.10. The number of rotatable bonds is 3. The van der Waals surface area contributed by atoms with E-state index in [1.807, 2.05) is 0 Å². The van der Waals surface area contributed by atoms with Crippen LogP contribution in [0.5, 0.6) is 5.75 Å². The molecule has 3 aromatic carbocycles. The van der Waals surface area contributed by atoms with Gasteiger partial charge in [0, 0.05) is 12.5 Å². The summed E-state index contributed by atoms with van der Waals surface area (Å²) in [6.07, 6.45) is -9.88. The lowest BCUT2D eigenvalue weighted by Gasteiger charge is -2.16. The van der Waals surface area contributed by atoms with Gasteiger partial charge in [-0.15, -0.1) is 0 Å². The Morgan fingerprint density at radius 3 is 1.77 bits per heavy atom. The number of hydrogen-bond donors (Lipinski definition) is 1. The van der Waals surface area contributed by atoms with E-state index < -0.39 is 40.6 Å². The van der Waals surface area contributed by atoms with E-state index >= 15 is 0 Å². The number of phenols is 1. The van der Waals surface area contributed by atoms with Crippen LogP contribution in [0.4, 0.5) is 30.7 Å². The molecule has 3 rings (SSSR count). The molecule has 0 aromatic heterocycles. The Balaban J connectivity index is 2.14. The Morgan fingerprint density at radius 1 is 0.733 bits per heavy atom. The van der Waals surface area contributed by atoms with Gasteiger partial charge in [0.05, 0.1) is 11.1 Å². The molecular weight excluding hydrogens is 413 g/mol. The molecule has 0 atom stereocenters. The zero-order valence-corrected chi connectivity index (χ0v) is 15.1. The topological polar surface area (TPSA) is 20.2 Å². The van der Waals surface area contributed by atoms with E-state index in [9.17, 15) is 35.8 Å². The smallest absolute Gasteiger partial charge is 0.416 e. The molecule has 1 nitrogen and oxygen atoms in total. The van der Waals surface area contributed by atoms with Crippen LogP contribution in [0.1, 0.15) is 27.8 Å². The van der Waals surface area contributed by atoms with Crippen molar-refractivity contribution in [1.82, 2.24) is 0 Å². The number of halogens is 7. The molecule has 0 heterocycles. The third kappa shape index (κ3) is 4.75. The Bertz CT molecular complexity index is 1030. The molecule has 8 heteroatoms. The molecule has 156 valence electrons. The van der Waals surface area contributed by atoms with Crippen LogP contribution in [0, 0.1) is 12.7 Å². The number of alkyl halides is 6. The molecule has 3 aromatic rings. The van der Waals surface area contributed by atoms with E-state index in [0.717, 1.165) is 0 Å². The number of aromatic hydroxyl groups is 1. The molecule has 0 unspecified atom stereocenters. The fourth-order valence-electron chi connectivity index (χ4n) is 2.99. The molecular formula is C22H13F7O. The second-order valence-corrected chi connectivity index (χ2v) is 6.68. The van der Waals surface area contributed by atoms with Gasteiger partial charge in [0.15, 0.2) is 0 Å². The Kier molecular flexibility index (Phi) is 5.54. The number of phenolic OH excluding ortho intramolecular Hbond substituents is 1. The highest BCUT2D eigenvalue weighted by molar-refractivity contribution is 5.74. The van der Waals surface area contributed by atoms with Crippen molar-refractivity contribution in [2.75, 3.05) is 0 Å². The minimum atomic E-state index is -5.02. The summed E-state index contributed by atoms with van der Waals surface area (Å²) < 4.78 is 91.9. The van der Waals surface area contributed by atoms with Gasteiger partial charge in [-0.25, -0.2) is 4.39 Å². The van der Waals surface area contributed by atoms with Gasteiger partial charge in [-0.2, -0.15) is 26.3 Å². The van der Waals surface area contributed by atoms with E-state index in [1.54, 1.807) is 0 Å². The highest BCUT2D eigenvalue weighted by Crippen LogP contribution is 2.41. The summed E-state index contributed by atoms with van der Waals surface area (Å²) in [5, 5.41) is 10.2. The average molecular weight is 426 g/mol. The first-order valence-corrected chi connectivity index (χ1v) is 8.50. The van der Waals surface area contributed by atoms with Crippen LogP contribution in [0.3, 0.4) is 0 Å². The van der Waals surface area contributed by atoms with Crippen molar-refractivity contribution in [2.24, 2.45) is 0 Å². The Morgan fingerprint density at radius 2 is 1.27 bits per heavy atom. The van der Waals surface area contributed by atoms with E-state index in [4.69, 9.17) is 6.92 Å². The van der Waals surface area contributed by atoms with Crippen LogP contribution < -0.4 is 0 Å². The van der Waals surface area contributed by atoms with Crippen molar-refractivity contribution in [1.29, 1.82) is 0 Å². The Hall–Kier alpha value is -3.03. The lowest BCUT2D eigenvalue weighted by Crippen LogP contribution is -2.11. The molecule has 0 saturated heterocycles. The highest BCUT2D eigenvalue weighted by Gasteiger charge is 2.37. The summed E-state index contributed by atoms with van der Waals surface area (Å²) in [4.78, 5) is 0. The molecule has 0 fully saturated rings. The highest BCUT2D eigenvalue weighted by atomic mass is 19.4. The molecule has 0 spiro atoms. The first-order chi connectivity index (χ1) is 13.8. The van der Waals surface area contributed by atoms with Crippen LogP contribution in [0.2, 0.25) is 0 Å². The SMILES string of the molecule is [CH]c1cc(Cc2ccc(F)cc2)cc(-c2cc(C(F)(F)F)cc(C(F)(F)F)c2)c1O. The van der Waals surface area contributed by atoms with E-state index in [-0.39, 0.29) is 23.6 Å². The molecule has 1 N–H and O–H groups in total. The Labute approximate surface area is 167 Å². The summed E-state index contributed by atoms with van der Waals surface area (Å²) >= 11 is 0. The van der Waals surface area contributed by atoms with E-state index in [0.29, 0.717) is 23.3 Å². The van der Waals surface area contributed by atoms with Crippen molar-refractivity contribution in [3.05, 3.63) is 95.2 Å². The number of hydrogen-bond acceptors (Lipinski definition) is 1. The zero-order valence-electron chi connectivity index (χ0n) is 15.1. The molecule has 0 saturated carbocycles. The minimum absolute atomic E-state index is 0.00622. The van der Waals surface area contributed by atoms with E-state index in [1.165, 1.54) is 36.4 Å². The summed E-state index contributed by atoms with van der Waals surface area (Å²) in [7, 11) is 0. The zero-order chi connectivity index (χ0) is 22.3. The first kappa shape index (κ1) is 21.7. The fourth-order valence-corrected chi connectivity index (χ4v) is 2.99. The largest absolute Gasteiger partial charge is 0.507 e.